The SMILES string of the molecule is COC(=O)C(C)NC(=O)NCCCl. The minimum atomic E-state index is -0.652. The van der Waals surface area contributed by atoms with E-state index < -0.39 is 18.0 Å². The molecule has 2 amide bonds. The first kappa shape index (κ1) is 12.0. The number of hydrogen-bond acceptors (Lipinski definition) is 3. The van der Waals surface area contributed by atoms with Crippen LogP contribution in [0.3, 0.4) is 0 Å². The molecule has 0 radical (unpaired) electrons. The first-order valence-electron chi connectivity index (χ1n) is 3.80. The summed E-state index contributed by atoms with van der Waals surface area (Å²) in [4.78, 5) is 21.8. The molecular weight excluding hydrogens is 196 g/mol. The van der Waals surface area contributed by atoms with Gasteiger partial charge in [0, 0.05) is 12.4 Å². The molecule has 76 valence electrons. The maximum absolute atomic E-state index is 10.9. The maximum atomic E-state index is 10.9. The number of halogens is 1. The third-order valence-corrected chi connectivity index (χ3v) is 1.47. The number of rotatable bonds is 4. The first-order chi connectivity index (χ1) is 6.11. The van der Waals surface area contributed by atoms with E-state index in [1.54, 1.807) is 0 Å². The van der Waals surface area contributed by atoms with Gasteiger partial charge in [0.2, 0.25) is 0 Å². The van der Waals surface area contributed by atoms with Crippen molar-refractivity contribution >= 4 is 23.6 Å². The number of urea groups is 1. The van der Waals surface area contributed by atoms with E-state index in [0.29, 0.717) is 12.4 Å². The van der Waals surface area contributed by atoms with Crippen LogP contribution < -0.4 is 10.6 Å². The van der Waals surface area contributed by atoms with Gasteiger partial charge in [-0.2, -0.15) is 0 Å². The summed E-state index contributed by atoms with van der Waals surface area (Å²) in [6, 6.07) is -1.08. The average Bonchev–Trinajstić information content (AvgIpc) is 2.13. The van der Waals surface area contributed by atoms with E-state index in [-0.39, 0.29) is 0 Å². The number of carbonyl (C=O) groups excluding carboxylic acids is 2. The second kappa shape index (κ2) is 6.54. The molecule has 0 bridgehead atoms. The number of methoxy groups -OCH3 is 1. The van der Waals surface area contributed by atoms with Gasteiger partial charge in [0.15, 0.2) is 0 Å². The van der Waals surface area contributed by atoms with Crippen LogP contribution >= 0.6 is 11.6 Å². The number of hydrogen-bond donors (Lipinski definition) is 2. The van der Waals surface area contributed by atoms with Gasteiger partial charge in [-0.25, -0.2) is 9.59 Å². The molecule has 0 aliphatic heterocycles. The van der Waals surface area contributed by atoms with Crippen LogP contribution in [0.2, 0.25) is 0 Å². The number of esters is 1. The van der Waals surface area contributed by atoms with E-state index in [1.165, 1.54) is 14.0 Å². The molecular formula is C7H13ClN2O3. The summed E-state index contributed by atoms with van der Waals surface area (Å²) in [5.41, 5.74) is 0. The Labute approximate surface area is 81.8 Å². The van der Waals surface area contributed by atoms with E-state index in [2.05, 4.69) is 15.4 Å². The summed E-state index contributed by atoms with van der Waals surface area (Å²) in [7, 11) is 1.26. The Kier molecular flexibility index (Phi) is 6.05. The third-order valence-electron chi connectivity index (χ3n) is 1.28. The standard InChI is InChI=1S/C7H13ClN2O3/c1-5(6(11)13-2)10-7(12)9-4-3-8/h5H,3-4H2,1-2H3,(H2,9,10,12). The van der Waals surface area contributed by atoms with Gasteiger partial charge in [-0.3, -0.25) is 0 Å². The van der Waals surface area contributed by atoms with Crippen molar-refractivity contribution in [1.82, 2.24) is 10.6 Å². The smallest absolute Gasteiger partial charge is 0.328 e. The lowest BCUT2D eigenvalue weighted by molar-refractivity contribution is -0.142. The van der Waals surface area contributed by atoms with Gasteiger partial charge in [0.1, 0.15) is 6.04 Å². The molecule has 0 aromatic rings. The predicted octanol–water partition coefficient (Wildman–Crippen LogP) is 0.0859. The van der Waals surface area contributed by atoms with Gasteiger partial charge in [-0.15, -0.1) is 11.6 Å². The Morgan fingerprint density at radius 1 is 1.54 bits per heavy atom. The van der Waals surface area contributed by atoms with Crippen molar-refractivity contribution in [3.63, 3.8) is 0 Å². The van der Waals surface area contributed by atoms with E-state index >= 15 is 0 Å². The predicted molar refractivity (Wildman–Crippen MR) is 48.7 cm³/mol. The molecule has 0 saturated heterocycles. The highest BCUT2D eigenvalue weighted by molar-refractivity contribution is 6.18. The molecule has 0 aliphatic carbocycles. The topological polar surface area (TPSA) is 67.4 Å². The lowest BCUT2D eigenvalue weighted by Crippen LogP contribution is -2.45. The van der Waals surface area contributed by atoms with Crippen LogP contribution in [0.5, 0.6) is 0 Å². The van der Waals surface area contributed by atoms with Crippen LogP contribution in [0.15, 0.2) is 0 Å². The van der Waals surface area contributed by atoms with Crippen molar-refractivity contribution in [3.05, 3.63) is 0 Å². The van der Waals surface area contributed by atoms with E-state index in [0.717, 1.165) is 0 Å². The first-order valence-corrected chi connectivity index (χ1v) is 4.33. The largest absolute Gasteiger partial charge is 0.467 e. The molecule has 1 unspecified atom stereocenters. The summed E-state index contributed by atoms with van der Waals surface area (Å²) in [5.74, 6) is -0.152. The second-order valence-electron chi connectivity index (χ2n) is 2.33. The Morgan fingerprint density at radius 2 is 2.15 bits per heavy atom. The molecule has 0 aliphatic rings. The van der Waals surface area contributed by atoms with Crippen molar-refractivity contribution in [1.29, 1.82) is 0 Å². The molecule has 13 heavy (non-hydrogen) atoms. The minimum Gasteiger partial charge on any atom is -0.467 e. The van der Waals surface area contributed by atoms with Crippen molar-refractivity contribution in [2.24, 2.45) is 0 Å². The Hall–Kier alpha value is -0.970. The highest BCUT2D eigenvalue weighted by Crippen LogP contribution is 1.85. The van der Waals surface area contributed by atoms with Crippen LogP contribution in [-0.4, -0.2) is 37.6 Å². The number of amides is 2. The van der Waals surface area contributed by atoms with Gasteiger partial charge in [-0.1, -0.05) is 0 Å². The zero-order chi connectivity index (χ0) is 10.3. The third kappa shape index (κ3) is 5.30. The maximum Gasteiger partial charge on any atom is 0.328 e. The number of alkyl halides is 1. The number of carbonyl (C=O) groups is 2. The van der Waals surface area contributed by atoms with Crippen LogP contribution in [0.25, 0.3) is 0 Å². The molecule has 1 atom stereocenters. The second-order valence-corrected chi connectivity index (χ2v) is 2.71. The normalized spacial score (nSPS) is 11.6. The molecule has 0 spiro atoms. The van der Waals surface area contributed by atoms with E-state index in [4.69, 9.17) is 11.6 Å². The van der Waals surface area contributed by atoms with Crippen molar-refractivity contribution in [2.45, 2.75) is 13.0 Å². The number of ether oxygens (including phenoxy) is 1. The average molecular weight is 209 g/mol. The highest BCUT2D eigenvalue weighted by Gasteiger charge is 2.14. The zero-order valence-corrected chi connectivity index (χ0v) is 8.35. The Balaban J connectivity index is 3.71. The van der Waals surface area contributed by atoms with Crippen LogP contribution in [0, 0.1) is 0 Å². The van der Waals surface area contributed by atoms with Crippen molar-refractivity contribution in [2.75, 3.05) is 19.5 Å². The fourth-order valence-electron chi connectivity index (χ4n) is 0.644. The van der Waals surface area contributed by atoms with Crippen molar-refractivity contribution < 1.29 is 14.3 Å². The molecule has 0 aromatic heterocycles. The summed E-state index contributed by atoms with van der Waals surface area (Å²) in [6.45, 7) is 1.90. The molecule has 5 nitrogen and oxygen atoms in total. The fourth-order valence-corrected chi connectivity index (χ4v) is 0.739. The van der Waals surface area contributed by atoms with Crippen LogP contribution in [-0.2, 0) is 9.53 Å². The molecule has 0 saturated carbocycles. The monoisotopic (exact) mass is 208 g/mol. The lowest BCUT2D eigenvalue weighted by Gasteiger charge is -2.11. The fraction of sp³-hybridized carbons (Fsp3) is 0.714. The number of nitrogens with one attached hydrogen (secondary N) is 2. The van der Waals surface area contributed by atoms with Gasteiger partial charge >= 0.3 is 12.0 Å². The van der Waals surface area contributed by atoms with E-state index in [9.17, 15) is 9.59 Å². The zero-order valence-electron chi connectivity index (χ0n) is 7.59. The van der Waals surface area contributed by atoms with Crippen LogP contribution in [0.1, 0.15) is 6.92 Å². The molecule has 0 rings (SSSR count). The lowest BCUT2D eigenvalue weighted by atomic mass is 10.3. The molecule has 0 heterocycles. The quantitative estimate of drug-likeness (QED) is 0.508. The Morgan fingerprint density at radius 3 is 2.62 bits per heavy atom. The van der Waals surface area contributed by atoms with Crippen LogP contribution in [0.4, 0.5) is 4.79 Å². The summed E-state index contributed by atoms with van der Waals surface area (Å²) >= 11 is 5.34. The Bertz CT molecular complexity index is 187. The highest BCUT2D eigenvalue weighted by atomic mass is 35.5. The molecule has 0 aromatic carbocycles. The summed E-state index contributed by atoms with van der Waals surface area (Å²) in [5, 5.41) is 4.83. The van der Waals surface area contributed by atoms with Crippen molar-refractivity contribution in [3.8, 4) is 0 Å². The molecule has 2 N–H and O–H groups in total. The van der Waals surface area contributed by atoms with Gasteiger partial charge in [0.05, 0.1) is 7.11 Å². The summed E-state index contributed by atoms with van der Waals surface area (Å²) < 4.78 is 4.41. The summed E-state index contributed by atoms with van der Waals surface area (Å²) in [6.07, 6.45) is 0. The van der Waals surface area contributed by atoms with Gasteiger partial charge in [0.25, 0.3) is 0 Å². The molecule has 0 fully saturated rings. The van der Waals surface area contributed by atoms with E-state index in [1.807, 2.05) is 0 Å². The van der Waals surface area contributed by atoms with Gasteiger partial charge in [-0.05, 0) is 6.92 Å². The molecule has 6 heteroatoms. The van der Waals surface area contributed by atoms with Gasteiger partial charge < -0.3 is 15.4 Å². The minimum absolute atomic E-state index is 0.333.